The van der Waals surface area contributed by atoms with Gasteiger partial charge in [0.15, 0.2) is 5.78 Å². The van der Waals surface area contributed by atoms with Crippen LogP contribution in [0.1, 0.15) is 20.7 Å². The summed E-state index contributed by atoms with van der Waals surface area (Å²) in [4.78, 5) is 38.6. The Kier molecular flexibility index (Phi) is 6.93. The molecule has 0 fully saturated rings. The molecule has 1 heterocycles. The molecule has 164 valence electrons. The molecule has 0 aliphatic rings. The minimum Gasteiger partial charge on any atom is -0.316 e. The largest absolute Gasteiger partial charge is 0.316 e. The third-order valence-electron chi connectivity index (χ3n) is 4.26. The van der Waals surface area contributed by atoms with E-state index in [1.54, 1.807) is 6.07 Å². The van der Waals surface area contributed by atoms with E-state index in [2.05, 4.69) is 15.0 Å². The number of aromatic nitrogens is 1. The Labute approximate surface area is 187 Å². The molecule has 32 heavy (non-hydrogen) atoms. The molecule has 0 bridgehead atoms. The highest BCUT2D eigenvalue weighted by Gasteiger charge is 2.20. The monoisotopic (exact) mass is 474 g/mol. The number of rotatable bonds is 8. The van der Waals surface area contributed by atoms with Crippen LogP contribution in [0.15, 0.2) is 71.8 Å². The summed E-state index contributed by atoms with van der Waals surface area (Å²) in [5.74, 6) is -1.15. The number of nitro benzene ring substituents is 1. The van der Waals surface area contributed by atoms with Gasteiger partial charge in [0, 0.05) is 23.4 Å². The van der Waals surface area contributed by atoms with Crippen molar-refractivity contribution < 1.29 is 22.9 Å². The standard InChI is InChI=1S/C20H15ClN4O6S/c21-19-18(6-3-11-22-19)32(30,31)23-12-17(26)13-7-9-14(10-8-13)20(27)24-15-4-1-2-5-16(15)25(28)29/h1-11,23H,12H2,(H,24,27). The first-order valence-corrected chi connectivity index (χ1v) is 10.8. The van der Waals surface area contributed by atoms with Crippen molar-refractivity contribution in [2.75, 3.05) is 11.9 Å². The first-order chi connectivity index (χ1) is 15.2. The number of nitrogens with zero attached hydrogens (tertiary/aromatic N) is 2. The first kappa shape index (κ1) is 23.0. The van der Waals surface area contributed by atoms with Crippen LogP contribution < -0.4 is 10.0 Å². The summed E-state index contributed by atoms with van der Waals surface area (Å²) in [6.07, 6.45) is 1.33. The number of carbonyl (C=O) groups is 2. The molecule has 0 radical (unpaired) electrons. The second-order valence-corrected chi connectivity index (χ2v) is 8.44. The molecule has 0 spiro atoms. The second kappa shape index (κ2) is 9.64. The van der Waals surface area contributed by atoms with Gasteiger partial charge in [0.25, 0.3) is 11.6 Å². The minimum absolute atomic E-state index is 0.0334. The molecule has 0 saturated carbocycles. The predicted octanol–water partition coefficient (Wildman–Crippen LogP) is 3.06. The number of benzene rings is 2. The van der Waals surface area contributed by atoms with Crippen molar-refractivity contribution in [2.45, 2.75) is 4.90 Å². The lowest BCUT2D eigenvalue weighted by Gasteiger charge is -2.08. The number of hydrogen-bond donors (Lipinski definition) is 2. The Balaban J connectivity index is 1.66. The van der Waals surface area contributed by atoms with E-state index in [0.29, 0.717) is 0 Å². The Morgan fingerprint density at radius 1 is 1.00 bits per heavy atom. The first-order valence-electron chi connectivity index (χ1n) is 8.97. The zero-order valence-electron chi connectivity index (χ0n) is 16.2. The lowest BCUT2D eigenvalue weighted by atomic mass is 10.1. The maximum atomic E-state index is 12.4. The summed E-state index contributed by atoms with van der Waals surface area (Å²) >= 11 is 5.78. The number of sulfonamides is 1. The number of nitrogens with one attached hydrogen (secondary N) is 2. The third kappa shape index (κ3) is 5.32. The molecule has 1 aromatic heterocycles. The van der Waals surface area contributed by atoms with E-state index < -0.39 is 33.2 Å². The van der Waals surface area contributed by atoms with Crippen molar-refractivity contribution in [3.8, 4) is 0 Å². The van der Waals surface area contributed by atoms with Crippen molar-refractivity contribution in [1.82, 2.24) is 9.71 Å². The van der Waals surface area contributed by atoms with Crippen LogP contribution in [0.2, 0.25) is 5.15 Å². The van der Waals surface area contributed by atoms with Crippen molar-refractivity contribution in [3.63, 3.8) is 0 Å². The van der Waals surface area contributed by atoms with Gasteiger partial charge in [0.05, 0.1) is 11.5 Å². The van der Waals surface area contributed by atoms with Gasteiger partial charge in [0.1, 0.15) is 15.7 Å². The van der Waals surface area contributed by atoms with E-state index in [1.165, 1.54) is 60.8 Å². The summed E-state index contributed by atoms with van der Waals surface area (Å²) in [6, 6.07) is 13.7. The summed E-state index contributed by atoms with van der Waals surface area (Å²) in [5, 5.41) is 13.3. The van der Waals surface area contributed by atoms with Gasteiger partial charge in [-0.1, -0.05) is 35.9 Å². The highest BCUT2D eigenvalue weighted by atomic mass is 35.5. The lowest BCUT2D eigenvalue weighted by Crippen LogP contribution is -2.30. The molecular formula is C20H15ClN4O6S. The number of nitro groups is 1. The Bertz CT molecular complexity index is 1300. The topological polar surface area (TPSA) is 148 Å². The lowest BCUT2D eigenvalue weighted by molar-refractivity contribution is -0.383. The quantitative estimate of drug-likeness (QED) is 0.220. The summed E-state index contributed by atoms with van der Waals surface area (Å²) in [5.41, 5.74) is 0.0921. The fraction of sp³-hybridized carbons (Fsp3) is 0.0500. The number of carbonyl (C=O) groups excluding carboxylic acids is 2. The van der Waals surface area contributed by atoms with Gasteiger partial charge in [-0.05, 0) is 30.3 Å². The number of pyridine rings is 1. The molecular weight excluding hydrogens is 460 g/mol. The van der Waals surface area contributed by atoms with Crippen LogP contribution in [-0.4, -0.2) is 36.6 Å². The average Bonchev–Trinajstić information content (AvgIpc) is 2.78. The van der Waals surface area contributed by atoms with E-state index in [0.717, 1.165) is 0 Å². The number of amides is 1. The minimum atomic E-state index is -4.05. The van der Waals surface area contributed by atoms with Crippen LogP contribution in [0, 0.1) is 10.1 Å². The van der Waals surface area contributed by atoms with Crippen molar-refractivity contribution >= 4 is 44.7 Å². The Hall–Kier alpha value is -3.67. The van der Waals surface area contributed by atoms with Crippen LogP contribution in [0.5, 0.6) is 0 Å². The number of ketones is 1. The van der Waals surface area contributed by atoms with Gasteiger partial charge in [-0.3, -0.25) is 19.7 Å². The van der Waals surface area contributed by atoms with Gasteiger partial charge in [-0.25, -0.2) is 18.1 Å². The zero-order chi connectivity index (χ0) is 23.3. The van der Waals surface area contributed by atoms with E-state index in [-0.39, 0.29) is 32.6 Å². The Morgan fingerprint density at radius 3 is 2.31 bits per heavy atom. The van der Waals surface area contributed by atoms with E-state index in [9.17, 15) is 28.1 Å². The molecule has 0 saturated heterocycles. The van der Waals surface area contributed by atoms with Crippen LogP contribution in [-0.2, 0) is 10.0 Å². The van der Waals surface area contributed by atoms with Crippen LogP contribution >= 0.6 is 11.6 Å². The van der Waals surface area contributed by atoms with Crippen LogP contribution in [0.25, 0.3) is 0 Å². The molecule has 12 heteroatoms. The number of anilines is 1. The molecule has 2 N–H and O–H groups in total. The molecule has 3 aromatic rings. The summed E-state index contributed by atoms with van der Waals surface area (Å²) < 4.78 is 26.7. The number of halogens is 1. The maximum Gasteiger partial charge on any atom is 0.292 e. The van der Waals surface area contributed by atoms with E-state index in [1.807, 2.05) is 0 Å². The van der Waals surface area contributed by atoms with Gasteiger partial charge in [0.2, 0.25) is 10.0 Å². The number of hydrogen-bond acceptors (Lipinski definition) is 7. The zero-order valence-corrected chi connectivity index (χ0v) is 17.8. The summed E-state index contributed by atoms with van der Waals surface area (Å²) in [6.45, 7) is -0.532. The number of para-hydroxylation sites is 2. The van der Waals surface area contributed by atoms with Crippen LogP contribution in [0.4, 0.5) is 11.4 Å². The van der Waals surface area contributed by atoms with Crippen LogP contribution in [0.3, 0.4) is 0 Å². The molecule has 10 nitrogen and oxygen atoms in total. The number of Topliss-reactive ketones (excluding diaryl/α,β-unsaturated/α-hetero) is 1. The SMILES string of the molecule is O=C(CNS(=O)(=O)c1cccnc1Cl)c1ccc(C(=O)Nc2ccccc2[N+](=O)[O-])cc1. The van der Waals surface area contributed by atoms with Crippen molar-refractivity contribution in [2.24, 2.45) is 0 Å². The highest BCUT2D eigenvalue weighted by Crippen LogP contribution is 2.24. The maximum absolute atomic E-state index is 12.4. The third-order valence-corrected chi connectivity index (χ3v) is 6.10. The summed E-state index contributed by atoms with van der Waals surface area (Å²) in [7, 11) is -4.05. The van der Waals surface area contributed by atoms with E-state index >= 15 is 0 Å². The van der Waals surface area contributed by atoms with Gasteiger partial charge >= 0.3 is 0 Å². The molecule has 0 aliphatic heterocycles. The molecule has 0 atom stereocenters. The second-order valence-electron chi connectivity index (χ2n) is 6.35. The van der Waals surface area contributed by atoms with Crippen molar-refractivity contribution in [3.05, 3.63) is 93.3 Å². The normalized spacial score (nSPS) is 11.0. The Morgan fingerprint density at radius 2 is 1.66 bits per heavy atom. The molecule has 0 aliphatic carbocycles. The van der Waals surface area contributed by atoms with Gasteiger partial charge in [-0.15, -0.1) is 0 Å². The molecule has 3 rings (SSSR count). The molecule has 0 unspecified atom stereocenters. The highest BCUT2D eigenvalue weighted by molar-refractivity contribution is 7.89. The van der Waals surface area contributed by atoms with E-state index in [4.69, 9.17) is 11.6 Å². The van der Waals surface area contributed by atoms with Crippen molar-refractivity contribution in [1.29, 1.82) is 0 Å². The fourth-order valence-corrected chi connectivity index (χ4v) is 4.09. The molecule has 2 aromatic carbocycles. The average molecular weight is 475 g/mol. The smallest absolute Gasteiger partial charge is 0.292 e. The van der Waals surface area contributed by atoms with Gasteiger partial charge < -0.3 is 5.32 Å². The van der Waals surface area contributed by atoms with Gasteiger partial charge in [-0.2, -0.15) is 0 Å². The fourth-order valence-electron chi connectivity index (χ4n) is 2.65. The predicted molar refractivity (Wildman–Crippen MR) is 116 cm³/mol. The molecule has 1 amide bonds.